The van der Waals surface area contributed by atoms with E-state index in [-0.39, 0.29) is 12.0 Å². The lowest BCUT2D eigenvalue weighted by molar-refractivity contribution is 0.497. The molecule has 0 bridgehead atoms. The summed E-state index contributed by atoms with van der Waals surface area (Å²) < 4.78 is 5.30. The molecular formula is C12H18N6O. The van der Waals surface area contributed by atoms with Gasteiger partial charge in [-0.3, -0.25) is 0 Å². The molecule has 0 amide bonds. The molecule has 2 aromatic rings. The number of rotatable bonds is 5. The highest BCUT2D eigenvalue weighted by Gasteiger charge is 2.10. The van der Waals surface area contributed by atoms with Crippen LogP contribution in [0.3, 0.4) is 0 Å². The first-order chi connectivity index (χ1) is 9.04. The molecule has 0 aliphatic rings. The van der Waals surface area contributed by atoms with Gasteiger partial charge in [0.1, 0.15) is 5.76 Å². The molecule has 2 heterocycles. The fraction of sp³-hybridized carbons (Fsp3) is 0.417. The number of nitrogens with two attached hydrogens (primary N) is 1. The van der Waals surface area contributed by atoms with Gasteiger partial charge in [-0.05, 0) is 19.1 Å². The molecule has 0 aliphatic carbocycles. The van der Waals surface area contributed by atoms with E-state index in [2.05, 4.69) is 20.3 Å². The molecule has 102 valence electrons. The van der Waals surface area contributed by atoms with Crippen molar-refractivity contribution in [3.63, 3.8) is 0 Å². The van der Waals surface area contributed by atoms with Gasteiger partial charge in [0.25, 0.3) is 0 Å². The minimum atomic E-state index is 0.128. The zero-order valence-corrected chi connectivity index (χ0v) is 11.3. The molecule has 7 nitrogen and oxygen atoms in total. The zero-order valence-electron chi connectivity index (χ0n) is 11.3. The van der Waals surface area contributed by atoms with Crippen LogP contribution in [0.15, 0.2) is 22.8 Å². The molecule has 1 atom stereocenters. The van der Waals surface area contributed by atoms with E-state index in [0.29, 0.717) is 11.9 Å². The highest BCUT2D eigenvalue weighted by molar-refractivity contribution is 5.41. The Bertz CT molecular complexity index is 525. The zero-order chi connectivity index (χ0) is 13.8. The second-order valence-corrected chi connectivity index (χ2v) is 4.54. The number of furan rings is 1. The lowest BCUT2D eigenvalue weighted by Gasteiger charge is -2.15. The van der Waals surface area contributed by atoms with E-state index >= 15 is 0 Å². The van der Waals surface area contributed by atoms with E-state index < -0.39 is 0 Å². The normalized spacial score (nSPS) is 12.2. The van der Waals surface area contributed by atoms with Crippen LogP contribution in [-0.2, 0) is 6.42 Å². The van der Waals surface area contributed by atoms with Crippen molar-refractivity contribution in [2.75, 3.05) is 30.0 Å². The standard InChI is InChI=1S/C12H18N6O/c1-8(7-9-5-4-6-19-9)14-11-15-10(13)16-12(17-11)18(2)3/h4-6,8H,7H2,1-3H3,(H3,13,14,15,16,17). The first kappa shape index (κ1) is 13.1. The van der Waals surface area contributed by atoms with E-state index in [1.807, 2.05) is 33.2 Å². The Hall–Kier alpha value is -2.31. The average Bonchev–Trinajstić information content (AvgIpc) is 2.80. The Labute approximate surface area is 111 Å². The van der Waals surface area contributed by atoms with Crippen LogP contribution >= 0.6 is 0 Å². The minimum Gasteiger partial charge on any atom is -0.469 e. The molecular weight excluding hydrogens is 244 g/mol. The van der Waals surface area contributed by atoms with E-state index in [1.54, 1.807) is 11.2 Å². The highest BCUT2D eigenvalue weighted by atomic mass is 16.3. The molecule has 0 aromatic carbocycles. The number of nitrogens with zero attached hydrogens (tertiary/aromatic N) is 4. The summed E-state index contributed by atoms with van der Waals surface area (Å²) in [4.78, 5) is 14.2. The fourth-order valence-electron chi connectivity index (χ4n) is 1.65. The van der Waals surface area contributed by atoms with Crippen LogP contribution in [0.2, 0.25) is 0 Å². The van der Waals surface area contributed by atoms with Gasteiger partial charge in [-0.25, -0.2) is 0 Å². The van der Waals surface area contributed by atoms with Crippen molar-refractivity contribution in [1.82, 2.24) is 15.0 Å². The number of hydrogen-bond donors (Lipinski definition) is 2. The van der Waals surface area contributed by atoms with Crippen LogP contribution in [0.1, 0.15) is 12.7 Å². The summed E-state index contributed by atoms with van der Waals surface area (Å²) in [5, 5.41) is 3.19. The third-order valence-corrected chi connectivity index (χ3v) is 2.50. The highest BCUT2D eigenvalue weighted by Crippen LogP contribution is 2.12. The maximum atomic E-state index is 5.66. The molecule has 0 spiro atoms. The Morgan fingerprint density at radius 1 is 1.37 bits per heavy atom. The maximum Gasteiger partial charge on any atom is 0.231 e. The number of nitrogens with one attached hydrogen (secondary N) is 1. The first-order valence-electron chi connectivity index (χ1n) is 6.02. The molecule has 0 radical (unpaired) electrons. The third-order valence-electron chi connectivity index (χ3n) is 2.50. The third kappa shape index (κ3) is 3.57. The van der Waals surface area contributed by atoms with E-state index in [1.165, 1.54) is 0 Å². The number of nitrogen functional groups attached to an aromatic ring is 1. The minimum absolute atomic E-state index is 0.128. The molecule has 3 N–H and O–H groups in total. The predicted molar refractivity (Wildman–Crippen MR) is 74.1 cm³/mol. The van der Waals surface area contributed by atoms with Crippen molar-refractivity contribution in [3.05, 3.63) is 24.2 Å². The van der Waals surface area contributed by atoms with Gasteiger partial charge in [-0.2, -0.15) is 15.0 Å². The van der Waals surface area contributed by atoms with Gasteiger partial charge >= 0.3 is 0 Å². The molecule has 0 saturated carbocycles. The molecule has 0 fully saturated rings. The van der Waals surface area contributed by atoms with Crippen LogP contribution in [0.25, 0.3) is 0 Å². The first-order valence-corrected chi connectivity index (χ1v) is 6.02. The van der Waals surface area contributed by atoms with E-state index in [9.17, 15) is 0 Å². The van der Waals surface area contributed by atoms with E-state index in [0.717, 1.165) is 12.2 Å². The lowest BCUT2D eigenvalue weighted by Crippen LogP contribution is -2.22. The molecule has 2 aromatic heterocycles. The molecule has 7 heteroatoms. The Balaban J connectivity index is 2.05. The molecule has 19 heavy (non-hydrogen) atoms. The van der Waals surface area contributed by atoms with Crippen molar-refractivity contribution >= 4 is 17.8 Å². The van der Waals surface area contributed by atoms with Gasteiger partial charge in [0, 0.05) is 26.6 Å². The van der Waals surface area contributed by atoms with Gasteiger partial charge in [0.05, 0.1) is 6.26 Å². The molecule has 1 unspecified atom stereocenters. The van der Waals surface area contributed by atoms with Crippen LogP contribution < -0.4 is 16.0 Å². The van der Waals surface area contributed by atoms with Crippen molar-refractivity contribution < 1.29 is 4.42 Å². The lowest BCUT2D eigenvalue weighted by atomic mass is 10.2. The van der Waals surface area contributed by atoms with Crippen LogP contribution in [0.4, 0.5) is 17.8 Å². The Morgan fingerprint density at radius 3 is 2.79 bits per heavy atom. The molecule has 0 aliphatic heterocycles. The van der Waals surface area contributed by atoms with Crippen molar-refractivity contribution in [1.29, 1.82) is 0 Å². The summed E-state index contributed by atoms with van der Waals surface area (Å²) in [6.45, 7) is 2.03. The summed E-state index contributed by atoms with van der Waals surface area (Å²) in [5.41, 5.74) is 5.66. The van der Waals surface area contributed by atoms with Crippen LogP contribution in [-0.4, -0.2) is 35.1 Å². The number of aromatic nitrogens is 3. The number of hydrogen-bond acceptors (Lipinski definition) is 7. The maximum absolute atomic E-state index is 5.66. The second kappa shape index (κ2) is 5.55. The second-order valence-electron chi connectivity index (χ2n) is 4.54. The van der Waals surface area contributed by atoms with Gasteiger partial charge in [-0.15, -0.1) is 0 Å². The summed E-state index contributed by atoms with van der Waals surface area (Å²) in [5.74, 6) is 2.11. The monoisotopic (exact) mass is 262 g/mol. The van der Waals surface area contributed by atoms with Gasteiger partial charge in [0.15, 0.2) is 0 Å². The van der Waals surface area contributed by atoms with Gasteiger partial charge in [-0.1, -0.05) is 0 Å². The Kier molecular flexibility index (Phi) is 3.84. The van der Waals surface area contributed by atoms with Crippen LogP contribution in [0.5, 0.6) is 0 Å². The van der Waals surface area contributed by atoms with Crippen molar-refractivity contribution in [3.8, 4) is 0 Å². The topological polar surface area (TPSA) is 93.1 Å². The summed E-state index contributed by atoms with van der Waals surface area (Å²) in [6, 6.07) is 3.93. The molecule has 2 rings (SSSR count). The van der Waals surface area contributed by atoms with Crippen molar-refractivity contribution in [2.24, 2.45) is 0 Å². The van der Waals surface area contributed by atoms with Gasteiger partial charge < -0.3 is 20.4 Å². The van der Waals surface area contributed by atoms with Crippen LogP contribution in [0, 0.1) is 0 Å². The predicted octanol–water partition coefficient (Wildman–Crippen LogP) is 1.16. The fourth-order valence-corrected chi connectivity index (χ4v) is 1.65. The van der Waals surface area contributed by atoms with Gasteiger partial charge in [0.2, 0.25) is 17.8 Å². The van der Waals surface area contributed by atoms with E-state index in [4.69, 9.17) is 10.2 Å². The summed E-state index contributed by atoms with van der Waals surface area (Å²) >= 11 is 0. The average molecular weight is 262 g/mol. The Morgan fingerprint density at radius 2 is 2.16 bits per heavy atom. The summed E-state index contributed by atoms with van der Waals surface area (Å²) in [7, 11) is 3.70. The summed E-state index contributed by atoms with van der Waals surface area (Å²) in [6.07, 6.45) is 2.41. The van der Waals surface area contributed by atoms with Crippen molar-refractivity contribution in [2.45, 2.75) is 19.4 Å². The quantitative estimate of drug-likeness (QED) is 0.835. The molecule has 0 saturated heterocycles. The smallest absolute Gasteiger partial charge is 0.231 e. The number of anilines is 3. The largest absolute Gasteiger partial charge is 0.469 e. The SMILES string of the molecule is CC(Cc1ccco1)Nc1nc(N)nc(N(C)C)n1.